The summed E-state index contributed by atoms with van der Waals surface area (Å²) in [5.41, 5.74) is 0.0921. The van der Waals surface area contributed by atoms with E-state index in [1.807, 2.05) is 0 Å². The Labute approximate surface area is 116 Å². The van der Waals surface area contributed by atoms with Crippen molar-refractivity contribution >= 4 is 17.6 Å². The molecule has 1 heterocycles. The van der Waals surface area contributed by atoms with Crippen LogP contribution in [-0.4, -0.2) is 55.4 Å². The third-order valence-corrected chi connectivity index (χ3v) is 3.25. The zero-order chi connectivity index (χ0) is 13.7. The molecule has 1 aromatic carbocycles. The van der Waals surface area contributed by atoms with Crippen LogP contribution in [-0.2, 0) is 4.74 Å². The summed E-state index contributed by atoms with van der Waals surface area (Å²) in [6.07, 6.45) is 0. The number of para-hydroxylation sites is 1. The maximum Gasteiger partial charge on any atom is 0.339 e. The largest absolute Gasteiger partial charge is 0.490 e. The van der Waals surface area contributed by atoms with E-state index in [1.165, 1.54) is 6.07 Å². The Morgan fingerprint density at radius 2 is 2.16 bits per heavy atom. The molecule has 0 saturated carbocycles. The number of nitrogens with zero attached hydrogens (tertiary/aromatic N) is 1. The first kappa shape index (κ1) is 14.1. The second-order valence-corrected chi connectivity index (χ2v) is 4.63. The van der Waals surface area contributed by atoms with Crippen LogP contribution in [0.5, 0.6) is 5.75 Å². The lowest BCUT2D eigenvalue weighted by atomic mass is 10.2. The van der Waals surface area contributed by atoms with Gasteiger partial charge < -0.3 is 14.6 Å². The number of rotatable bonds is 5. The SMILES string of the molecule is O=C(O)c1cccc(Cl)c1OCCN1CCOCC1. The number of morpholine rings is 1. The number of benzene rings is 1. The van der Waals surface area contributed by atoms with Crippen LogP contribution in [0.4, 0.5) is 0 Å². The molecule has 104 valence electrons. The molecule has 1 aliphatic rings. The molecule has 2 rings (SSSR count). The van der Waals surface area contributed by atoms with Gasteiger partial charge in [0, 0.05) is 19.6 Å². The molecular weight excluding hydrogens is 270 g/mol. The van der Waals surface area contributed by atoms with Crippen molar-refractivity contribution in [1.29, 1.82) is 0 Å². The summed E-state index contributed by atoms with van der Waals surface area (Å²) in [5, 5.41) is 9.39. The molecule has 1 fully saturated rings. The number of ether oxygens (including phenoxy) is 2. The van der Waals surface area contributed by atoms with Crippen molar-refractivity contribution in [3.05, 3.63) is 28.8 Å². The molecule has 19 heavy (non-hydrogen) atoms. The molecule has 0 aliphatic carbocycles. The monoisotopic (exact) mass is 285 g/mol. The fourth-order valence-electron chi connectivity index (χ4n) is 1.93. The Bertz CT molecular complexity index is 446. The lowest BCUT2D eigenvalue weighted by Gasteiger charge is -2.26. The highest BCUT2D eigenvalue weighted by Gasteiger charge is 2.15. The second-order valence-electron chi connectivity index (χ2n) is 4.22. The standard InChI is InChI=1S/C13H16ClNO4/c14-11-3-1-2-10(13(16)17)12(11)19-9-6-15-4-7-18-8-5-15/h1-3H,4-9H2,(H,16,17). The Morgan fingerprint density at radius 1 is 1.42 bits per heavy atom. The average Bonchev–Trinajstić information content (AvgIpc) is 2.41. The zero-order valence-electron chi connectivity index (χ0n) is 10.5. The van der Waals surface area contributed by atoms with Crippen LogP contribution in [0.15, 0.2) is 18.2 Å². The minimum absolute atomic E-state index is 0.0921. The molecule has 0 radical (unpaired) electrons. The highest BCUT2D eigenvalue weighted by atomic mass is 35.5. The Morgan fingerprint density at radius 3 is 2.84 bits per heavy atom. The van der Waals surface area contributed by atoms with Crippen LogP contribution < -0.4 is 4.74 Å². The molecular formula is C13H16ClNO4. The maximum atomic E-state index is 11.1. The molecule has 6 heteroatoms. The first-order valence-corrected chi connectivity index (χ1v) is 6.51. The van der Waals surface area contributed by atoms with E-state index in [1.54, 1.807) is 12.1 Å². The van der Waals surface area contributed by atoms with E-state index >= 15 is 0 Å². The van der Waals surface area contributed by atoms with E-state index in [0.717, 1.165) is 32.8 Å². The van der Waals surface area contributed by atoms with E-state index < -0.39 is 5.97 Å². The van der Waals surface area contributed by atoms with Crippen LogP contribution >= 0.6 is 11.6 Å². The highest BCUT2D eigenvalue weighted by Crippen LogP contribution is 2.28. The molecule has 1 aromatic rings. The summed E-state index contributed by atoms with van der Waals surface area (Å²) < 4.78 is 10.8. The van der Waals surface area contributed by atoms with Crippen molar-refractivity contribution in [1.82, 2.24) is 4.90 Å². The molecule has 1 N–H and O–H groups in total. The van der Waals surface area contributed by atoms with Crippen LogP contribution in [0.1, 0.15) is 10.4 Å². The van der Waals surface area contributed by atoms with Gasteiger partial charge in [0.15, 0.2) is 5.75 Å². The number of aromatic carboxylic acids is 1. The molecule has 1 aliphatic heterocycles. The topological polar surface area (TPSA) is 59.0 Å². The Kier molecular flexibility index (Phi) is 5.01. The van der Waals surface area contributed by atoms with Crippen molar-refractivity contribution in [2.24, 2.45) is 0 Å². The molecule has 5 nitrogen and oxygen atoms in total. The average molecular weight is 286 g/mol. The molecule has 0 unspecified atom stereocenters. The van der Waals surface area contributed by atoms with Gasteiger partial charge in [-0.25, -0.2) is 4.79 Å². The van der Waals surface area contributed by atoms with Gasteiger partial charge in [-0.2, -0.15) is 0 Å². The number of halogens is 1. The van der Waals surface area contributed by atoms with Gasteiger partial charge in [0.05, 0.1) is 18.2 Å². The van der Waals surface area contributed by atoms with Gasteiger partial charge in [-0.1, -0.05) is 17.7 Å². The third kappa shape index (κ3) is 3.83. The smallest absolute Gasteiger partial charge is 0.339 e. The van der Waals surface area contributed by atoms with Gasteiger partial charge >= 0.3 is 5.97 Å². The van der Waals surface area contributed by atoms with Gasteiger partial charge in [-0.05, 0) is 12.1 Å². The number of hydrogen-bond acceptors (Lipinski definition) is 4. The normalized spacial score (nSPS) is 16.3. The predicted molar refractivity (Wildman–Crippen MR) is 71.2 cm³/mol. The predicted octanol–water partition coefficient (Wildman–Crippen LogP) is 1.75. The molecule has 0 spiro atoms. The first-order valence-electron chi connectivity index (χ1n) is 6.13. The van der Waals surface area contributed by atoms with Gasteiger partial charge in [0.25, 0.3) is 0 Å². The summed E-state index contributed by atoms with van der Waals surface area (Å²) >= 11 is 5.97. The molecule has 0 bridgehead atoms. The van der Waals surface area contributed by atoms with Crippen molar-refractivity contribution in [2.75, 3.05) is 39.5 Å². The van der Waals surface area contributed by atoms with Crippen molar-refractivity contribution < 1.29 is 19.4 Å². The quantitative estimate of drug-likeness (QED) is 0.893. The van der Waals surface area contributed by atoms with E-state index in [2.05, 4.69) is 4.90 Å². The summed E-state index contributed by atoms with van der Waals surface area (Å²) in [6, 6.07) is 4.71. The van der Waals surface area contributed by atoms with Gasteiger partial charge in [0.2, 0.25) is 0 Å². The third-order valence-electron chi connectivity index (χ3n) is 2.96. The Hall–Kier alpha value is -1.30. The molecule has 0 aromatic heterocycles. The number of hydrogen-bond donors (Lipinski definition) is 1. The summed E-state index contributed by atoms with van der Waals surface area (Å²) in [5.74, 6) is -0.797. The minimum Gasteiger partial charge on any atom is -0.490 e. The lowest BCUT2D eigenvalue weighted by molar-refractivity contribution is 0.0321. The molecule has 0 atom stereocenters. The summed E-state index contributed by atoms with van der Waals surface area (Å²) in [4.78, 5) is 13.3. The maximum absolute atomic E-state index is 11.1. The first-order chi connectivity index (χ1) is 9.18. The van der Waals surface area contributed by atoms with Crippen LogP contribution in [0.3, 0.4) is 0 Å². The zero-order valence-corrected chi connectivity index (χ0v) is 11.2. The van der Waals surface area contributed by atoms with Crippen LogP contribution in [0, 0.1) is 0 Å². The van der Waals surface area contributed by atoms with Crippen LogP contribution in [0.2, 0.25) is 5.02 Å². The van der Waals surface area contributed by atoms with Crippen molar-refractivity contribution in [3.8, 4) is 5.75 Å². The van der Waals surface area contributed by atoms with Crippen molar-refractivity contribution in [3.63, 3.8) is 0 Å². The summed E-state index contributed by atoms with van der Waals surface area (Å²) in [6.45, 7) is 4.34. The van der Waals surface area contributed by atoms with E-state index in [9.17, 15) is 4.79 Å². The molecule has 1 saturated heterocycles. The number of carboxylic acid groups (broad SMARTS) is 1. The molecule has 0 amide bonds. The van der Waals surface area contributed by atoms with Gasteiger partial charge in [-0.3, -0.25) is 4.90 Å². The number of carbonyl (C=O) groups is 1. The van der Waals surface area contributed by atoms with Gasteiger partial charge in [-0.15, -0.1) is 0 Å². The van der Waals surface area contributed by atoms with E-state index in [0.29, 0.717) is 11.6 Å². The lowest BCUT2D eigenvalue weighted by Crippen LogP contribution is -2.38. The van der Waals surface area contributed by atoms with Crippen molar-refractivity contribution in [2.45, 2.75) is 0 Å². The number of carboxylic acids is 1. The van der Waals surface area contributed by atoms with Gasteiger partial charge in [0.1, 0.15) is 12.2 Å². The van der Waals surface area contributed by atoms with Crippen LogP contribution in [0.25, 0.3) is 0 Å². The van der Waals surface area contributed by atoms with E-state index in [4.69, 9.17) is 26.2 Å². The fourth-order valence-corrected chi connectivity index (χ4v) is 2.15. The van der Waals surface area contributed by atoms with E-state index in [-0.39, 0.29) is 11.3 Å². The second kappa shape index (κ2) is 6.75. The Balaban J connectivity index is 1.93. The fraction of sp³-hybridized carbons (Fsp3) is 0.462. The minimum atomic E-state index is -1.04. The summed E-state index contributed by atoms with van der Waals surface area (Å²) in [7, 11) is 0. The highest BCUT2D eigenvalue weighted by molar-refractivity contribution is 6.32.